The van der Waals surface area contributed by atoms with Crippen molar-refractivity contribution in [3.8, 4) is 0 Å². The fourth-order valence-corrected chi connectivity index (χ4v) is 5.58. The molecule has 33 heavy (non-hydrogen) atoms. The molecule has 0 saturated carbocycles. The molecule has 1 aromatic heterocycles. The van der Waals surface area contributed by atoms with Crippen molar-refractivity contribution >= 4 is 50.8 Å². The first-order valence-electron chi connectivity index (χ1n) is 10.4. The first kappa shape index (κ1) is 24.2. The third-order valence-electron chi connectivity index (χ3n) is 5.73. The minimum atomic E-state index is -3.22. The van der Waals surface area contributed by atoms with Gasteiger partial charge in [-0.2, -0.15) is 4.31 Å². The summed E-state index contributed by atoms with van der Waals surface area (Å²) in [6, 6.07) is 17.7. The number of nitrogens with zero attached hydrogens (tertiary/aromatic N) is 4. The van der Waals surface area contributed by atoms with Crippen LogP contribution >= 0.6 is 34.8 Å². The van der Waals surface area contributed by atoms with Crippen LogP contribution in [-0.4, -0.2) is 55.1 Å². The number of hydrogen-bond acceptors (Lipinski definition) is 5. The predicted octanol–water partition coefficient (Wildman–Crippen LogP) is 4.89. The number of rotatable bonds is 6. The summed E-state index contributed by atoms with van der Waals surface area (Å²) in [6.45, 7) is 1.65. The van der Waals surface area contributed by atoms with E-state index < -0.39 is 10.0 Å². The Labute approximate surface area is 209 Å². The highest BCUT2D eigenvalue weighted by molar-refractivity contribution is 7.88. The molecule has 10 heteroatoms. The van der Waals surface area contributed by atoms with Gasteiger partial charge in [0.2, 0.25) is 16.0 Å². The van der Waals surface area contributed by atoms with Gasteiger partial charge in [0.1, 0.15) is 10.3 Å². The summed E-state index contributed by atoms with van der Waals surface area (Å²) in [5.74, 6) is 0.234. The molecular formula is C23H23Cl3N4O2S. The molecule has 0 bridgehead atoms. The van der Waals surface area contributed by atoms with Crippen LogP contribution < -0.4 is 4.90 Å². The molecule has 0 N–H and O–H groups in total. The number of hydrogen-bond donors (Lipinski definition) is 0. The zero-order chi connectivity index (χ0) is 23.6. The Morgan fingerprint density at radius 3 is 2.00 bits per heavy atom. The van der Waals surface area contributed by atoms with Crippen molar-refractivity contribution in [3.63, 3.8) is 0 Å². The van der Waals surface area contributed by atoms with Gasteiger partial charge < -0.3 is 4.90 Å². The Balaban J connectivity index is 1.66. The van der Waals surface area contributed by atoms with E-state index in [0.29, 0.717) is 49.1 Å². The zero-order valence-electron chi connectivity index (χ0n) is 18.0. The van der Waals surface area contributed by atoms with Crippen LogP contribution in [0.1, 0.15) is 22.6 Å². The molecule has 2 aromatic carbocycles. The monoisotopic (exact) mass is 524 g/mol. The molecule has 6 nitrogen and oxygen atoms in total. The van der Waals surface area contributed by atoms with Crippen molar-refractivity contribution in [2.75, 3.05) is 37.3 Å². The van der Waals surface area contributed by atoms with Crippen LogP contribution in [0.15, 0.2) is 54.6 Å². The number of piperazine rings is 1. The molecule has 1 aliphatic rings. The molecule has 2 heterocycles. The molecule has 0 aliphatic carbocycles. The normalized spacial score (nSPS) is 16.1. The number of anilines is 1. The Hall–Kier alpha value is -1.90. The third kappa shape index (κ3) is 5.78. The van der Waals surface area contributed by atoms with Crippen molar-refractivity contribution in [1.82, 2.24) is 14.3 Å². The molecule has 0 radical (unpaired) electrons. The lowest BCUT2D eigenvalue weighted by atomic mass is 9.87. The summed E-state index contributed by atoms with van der Waals surface area (Å²) in [5, 5.41) is 1.21. The summed E-state index contributed by atoms with van der Waals surface area (Å²) in [7, 11) is -3.22. The maximum Gasteiger partial charge on any atom is 0.228 e. The molecule has 1 aliphatic heterocycles. The van der Waals surface area contributed by atoms with E-state index >= 15 is 0 Å². The van der Waals surface area contributed by atoms with Crippen LogP contribution in [0.2, 0.25) is 15.3 Å². The molecule has 0 amide bonds. The largest absolute Gasteiger partial charge is 0.338 e. The molecule has 1 unspecified atom stereocenters. The average Bonchev–Trinajstić information content (AvgIpc) is 2.79. The lowest BCUT2D eigenvalue weighted by molar-refractivity contribution is 0.385. The predicted molar refractivity (Wildman–Crippen MR) is 134 cm³/mol. The molecule has 1 saturated heterocycles. The quantitative estimate of drug-likeness (QED) is 0.429. The lowest BCUT2D eigenvalue weighted by Gasteiger charge is -2.33. The molecule has 174 valence electrons. The summed E-state index contributed by atoms with van der Waals surface area (Å²) < 4.78 is 25.0. The Bertz CT molecular complexity index is 1190. The number of benzene rings is 2. The molecule has 1 atom stereocenters. The Kier molecular flexibility index (Phi) is 7.46. The number of halogens is 3. The van der Waals surface area contributed by atoms with Crippen molar-refractivity contribution in [2.24, 2.45) is 0 Å². The second-order valence-electron chi connectivity index (χ2n) is 7.96. The summed E-state index contributed by atoms with van der Waals surface area (Å²) >= 11 is 19.5. The zero-order valence-corrected chi connectivity index (χ0v) is 21.0. The van der Waals surface area contributed by atoms with E-state index in [0.717, 1.165) is 11.1 Å². The smallest absolute Gasteiger partial charge is 0.228 e. The number of aromatic nitrogens is 2. The van der Waals surface area contributed by atoms with Gasteiger partial charge in [-0.25, -0.2) is 18.4 Å². The van der Waals surface area contributed by atoms with Gasteiger partial charge in [0.05, 0.1) is 6.26 Å². The topological polar surface area (TPSA) is 66.4 Å². The molecule has 3 aromatic rings. The van der Waals surface area contributed by atoms with Crippen LogP contribution in [0.5, 0.6) is 0 Å². The molecular weight excluding hydrogens is 503 g/mol. The Morgan fingerprint density at radius 1 is 0.879 bits per heavy atom. The number of sulfonamides is 1. The average molecular weight is 526 g/mol. The van der Waals surface area contributed by atoms with Gasteiger partial charge in [0.15, 0.2) is 0 Å². The van der Waals surface area contributed by atoms with Crippen molar-refractivity contribution in [1.29, 1.82) is 0 Å². The van der Waals surface area contributed by atoms with E-state index in [9.17, 15) is 8.42 Å². The van der Waals surface area contributed by atoms with Gasteiger partial charge in [0.25, 0.3) is 0 Å². The third-order valence-corrected chi connectivity index (χ3v) is 7.87. The van der Waals surface area contributed by atoms with E-state index in [1.54, 1.807) is 0 Å². The van der Waals surface area contributed by atoms with Crippen LogP contribution in [-0.2, 0) is 16.4 Å². The van der Waals surface area contributed by atoms with E-state index in [1.165, 1.54) is 10.6 Å². The standard InChI is InChI=1S/C23H23Cl3N4O2S/c1-33(31,32)30-13-11-29(12-14-30)23-27-21(25)20(22(26)28-23)19(15-16-5-3-2-4-6-16)17-7-9-18(24)10-8-17/h2-10,19H,11-15H2,1H3. The summed E-state index contributed by atoms with van der Waals surface area (Å²) in [6.07, 6.45) is 1.88. The van der Waals surface area contributed by atoms with Gasteiger partial charge in [-0.15, -0.1) is 0 Å². The fraction of sp³-hybridized carbons (Fsp3) is 0.304. The minimum absolute atomic E-state index is 0.166. The summed E-state index contributed by atoms with van der Waals surface area (Å²) in [4.78, 5) is 11.0. The second kappa shape index (κ2) is 10.2. The van der Waals surface area contributed by atoms with Crippen LogP contribution in [0.4, 0.5) is 5.95 Å². The first-order chi connectivity index (χ1) is 15.7. The molecule has 4 rings (SSSR count). The van der Waals surface area contributed by atoms with Gasteiger partial charge >= 0.3 is 0 Å². The van der Waals surface area contributed by atoms with E-state index in [-0.39, 0.29) is 16.2 Å². The maximum absolute atomic E-state index is 11.8. The second-order valence-corrected chi connectivity index (χ2v) is 11.1. The van der Waals surface area contributed by atoms with Gasteiger partial charge in [0, 0.05) is 42.7 Å². The molecule has 0 spiro atoms. The van der Waals surface area contributed by atoms with E-state index in [1.807, 2.05) is 47.4 Å². The van der Waals surface area contributed by atoms with Crippen molar-refractivity contribution < 1.29 is 8.42 Å². The van der Waals surface area contributed by atoms with Gasteiger partial charge in [-0.1, -0.05) is 77.3 Å². The van der Waals surface area contributed by atoms with E-state index in [4.69, 9.17) is 34.8 Å². The maximum atomic E-state index is 11.8. The van der Waals surface area contributed by atoms with Crippen molar-refractivity contribution in [3.05, 3.63) is 86.6 Å². The SMILES string of the molecule is CS(=O)(=O)N1CCN(c2nc(Cl)c(C(Cc3ccccc3)c3ccc(Cl)cc3)c(Cl)n2)CC1. The van der Waals surface area contributed by atoms with Crippen LogP contribution in [0.3, 0.4) is 0 Å². The fourth-order valence-electron chi connectivity index (χ4n) is 3.99. The lowest BCUT2D eigenvalue weighted by Crippen LogP contribution is -2.48. The van der Waals surface area contributed by atoms with Gasteiger partial charge in [-0.05, 0) is 29.7 Å². The van der Waals surface area contributed by atoms with E-state index in [2.05, 4.69) is 22.1 Å². The highest BCUT2D eigenvalue weighted by atomic mass is 35.5. The minimum Gasteiger partial charge on any atom is -0.338 e. The van der Waals surface area contributed by atoms with Crippen LogP contribution in [0, 0.1) is 0 Å². The van der Waals surface area contributed by atoms with Crippen LogP contribution in [0.25, 0.3) is 0 Å². The Morgan fingerprint density at radius 2 is 1.45 bits per heavy atom. The highest BCUT2D eigenvalue weighted by Crippen LogP contribution is 2.38. The van der Waals surface area contributed by atoms with Crippen molar-refractivity contribution in [2.45, 2.75) is 12.3 Å². The summed E-state index contributed by atoms with van der Waals surface area (Å²) in [5.41, 5.74) is 2.79. The first-order valence-corrected chi connectivity index (χ1v) is 13.4. The highest BCUT2D eigenvalue weighted by Gasteiger charge is 2.28. The molecule has 1 fully saturated rings. The van der Waals surface area contributed by atoms with Gasteiger partial charge in [-0.3, -0.25) is 0 Å².